The maximum absolute atomic E-state index is 14.6. The molecule has 7 nitrogen and oxygen atoms in total. The molecule has 200 valence electrons. The standard InChI is InChI=1S/C27H23ClF3NO6/c1-15(20-13-19(7-8-21(20)28)38-18-5-3-4-16(10-18)11-25(34)35)26(36,27(29,30)31)17-6-9-23-22(12-17)32(2)24(33)14-37-23/h3-10,12-13,15,36H,11,14H2,1-2H3,(H,34,35). The molecule has 1 aliphatic rings. The lowest BCUT2D eigenvalue weighted by atomic mass is 9.77. The summed E-state index contributed by atoms with van der Waals surface area (Å²) in [6, 6.07) is 13.8. The molecule has 11 heteroatoms. The average Bonchev–Trinajstić information content (AvgIpc) is 2.85. The van der Waals surface area contributed by atoms with Crippen molar-refractivity contribution in [3.63, 3.8) is 0 Å². The van der Waals surface area contributed by atoms with Crippen molar-refractivity contribution in [1.82, 2.24) is 0 Å². The Hall–Kier alpha value is -3.76. The zero-order valence-electron chi connectivity index (χ0n) is 20.3. The van der Waals surface area contributed by atoms with Crippen molar-refractivity contribution in [2.45, 2.75) is 31.0 Å². The number of ether oxygens (including phenoxy) is 2. The van der Waals surface area contributed by atoms with Crippen molar-refractivity contribution in [3.05, 3.63) is 82.4 Å². The second kappa shape index (κ2) is 10.2. The van der Waals surface area contributed by atoms with Crippen molar-refractivity contribution in [2.75, 3.05) is 18.6 Å². The van der Waals surface area contributed by atoms with Crippen LogP contribution in [0.15, 0.2) is 60.7 Å². The number of halogens is 4. The van der Waals surface area contributed by atoms with E-state index in [1.54, 1.807) is 18.2 Å². The summed E-state index contributed by atoms with van der Waals surface area (Å²) in [4.78, 5) is 24.2. The van der Waals surface area contributed by atoms with E-state index in [9.17, 15) is 27.9 Å². The monoisotopic (exact) mass is 549 g/mol. The summed E-state index contributed by atoms with van der Waals surface area (Å²) in [5.74, 6) is -2.46. The van der Waals surface area contributed by atoms with Crippen LogP contribution in [-0.2, 0) is 21.6 Å². The van der Waals surface area contributed by atoms with Crippen LogP contribution >= 0.6 is 11.6 Å². The number of carboxylic acid groups (broad SMARTS) is 1. The summed E-state index contributed by atoms with van der Waals surface area (Å²) in [6.45, 7) is 0.946. The van der Waals surface area contributed by atoms with Crippen LogP contribution in [0.3, 0.4) is 0 Å². The van der Waals surface area contributed by atoms with Crippen LogP contribution in [-0.4, -0.2) is 41.9 Å². The van der Waals surface area contributed by atoms with E-state index in [1.807, 2.05) is 0 Å². The van der Waals surface area contributed by atoms with Gasteiger partial charge in [0.15, 0.2) is 12.2 Å². The Kier molecular flexibility index (Phi) is 7.31. The molecule has 2 atom stereocenters. The SMILES string of the molecule is CC(c1cc(Oc2cccc(CC(=O)O)c2)ccc1Cl)C(O)(c1ccc2c(c1)N(C)C(=O)CO2)C(F)(F)F. The third-order valence-corrected chi connectivity index (χ3v) is 6.81. The van der Waals surface area contributed by atoms with Crippen LogP contribution in [0, 0.1) is 0 Å². The predicted molar refractivity (Wildman–Crippen MR) is 133 cm³/mol. The molecule has 38 heavy (non-hydrogen) atoms. The normalized spacial score (nSPS) is 15.8. The largest absolute Gasteiger partial charge is 0.482 e. The Morgan fingerprint density at radius 1 is 1.13 bits per heavy atom. The van der Waals surface area contributed by atoms with Gasteiger partial charge in [-0.05, 0) is 59.2 Å². The number of anilines is 1. The molecule has 1 aliphatic heterocycles. The summed E-state index contributed by atoms with van der Waals surface area (Å²) in [5, 5.41) is 20.3. The number of aliphatic carboxylic acids is 1. The number of carbonyl (C=O) groups is 2. The van der Waals surface area contributed by atoms with Gasteiger partial charge in [0, 0.05) is 18.0 Å². The lowest BCUT2D eigenvalue weighted by molar-refractivity contribution is -0.274. The maximum Gasteiger partial charge on any atom is 0.422 e. The number of carbonyl (C=O) groups excluding carboxylic acids is 1. The minimum Gasteiger partial charge on any atom is -0.482 e. The first kappa shape index (κ1) is 27.3. The van der Waals surface area contributed by atoms with Gasteiger partial charge in [0.05, 0.1) is 12.1 Å². The van der Waals surface area contributed by atoms with Crippen molar-refractivity contribution in [2.24, 2.45) is 0 Å². The molecule has 0 spiro atoms. The molecule has 1 heterocycles. The van der Waals surface area contributed by atoms with E-state index in [4.69, 9.17) is 26.2 Å². The Balaban J connectivity index is 1.73. The van der Waals surface area contributed by atoms with Gasteiger partial charge in [-0.15, -0.1) is 0 Å². The third-order valence-electron chi connectivity index (χ3n) is 6.47. The number of hydrogen-bond donors (Lipinski definition) is 2. The van der Waals surface area contributed by atoms with Crippen molar-refractivity contribution < 1.29 is 42.4 Å². The fourth-order valence-corrected chi connectivity index (χ4v) is 4.62. The lowest BCUT2D eigenvalue weighted by Gasteiger charge is -2.38. The molecule has 3 aromatic carbocycles. The van der Waals surface area contributed by atoms with Crippen LogP contribution in [0.2, 0.25) is 5.02 Å². The molecule has 4 rings (SSSR count). The number of aliphatic hydroxyl groups is 1. The van der Waals surface area contributed by atoms with E-state index >= 15 is 0 Å². The number of rotatable bonds is 7. The van der Waals surface area contributed by atoms with Crippen molar-refractivity contribution in [3.8, 4) is 17.2 Å². The van der Waals surface area contributed by atoms with Gasteiger partial charge in [-0.2, -0.15) is 13.2 Å². The molecular formula is C27H23ClF3NO6. The summed E-state index contributed by atoms with van der Waals surface area (Å²) in [7, 11) is 1.41. The number of carboxylic acids is 1. The molecule has 2 unspecified atom stereocenters. The molecule has 0 aliphatic carbocycles. The van der Waals surface area contributed by atoms with E-state index in [0.717, 1.165) is 12.1 Å². The van der Waals surface area contributed by atoms with E-state index in [1.165, 1.54) is 49.2 Å². The second-order valence-corrected chi connectivity index (χ2v) is 9.32. The van der Waals surface area contributed by atoms with Crippen LogP contribution in [0.25, 0.3) is 0 Å². The van der Waals surface area contributed by atoms with Crippen LogP contribution in [0.1, 0.15) is 29.5 Å². The van der Waals surface area contributed by atoms with Crippen molar-refractivity contribution in [1.29, 1.82) is 0 Å². The van der Waals surface area contributed by atoms with Crippen LogP contribution < -0.4 is 14.4 Å². The Morgan fingerprint density at radius 2 is 1.84 bits per heavy atom. The summed E-state index contributed by atoms with van der Waals surface area (Å²) >= 11 is 6.31. The topological polar surface area (TPSA) is 96.3 Å². The highest BCUT2D eigenvalue weighted by Crippen LogP contribution is 2.51. The number of hydrogen-bond acceptors (Lipinski definition) is 5. The minimum absolute atomic E-state index is 0.0271. The predicted octanol–water partition coefficient (Wildman–Crippen LogP) is 5.67. The van der Waals surface area contributed by atoms with Gasteiger partial charge in [0.2, 0.25) is 0 Å². The number of nitrogens with zero attached hydrogens (tertiary/aromatic N) is 1. The molecule has 2 N–H and O–H groups in total. The number of alkyl halides is 3. The highest BCUT2D eigenvalue weighted by Gasteiger charge is 2.59. The molecule has 3 aromatic rings. The molecule has 1 amide bonds. The first-order valence-electron chi connectivity index (χ1n) is 11.4. The number of amides is 1. The maximum atomic E-state index is 14.6. The fourth-order valence-electron chi connectivity index (χ4n) is 4.34. The first-order chi connectivity index (χ1) is 17.8. The fraction of sp³-hybridized carbons (Fsp3) is 0.259. The summed E-state index contributed by atoms with van der Waals surface area (Å²) in [6.07, 6.45) is -5.37. The van der Waals surface area contributed by atoms with E-state index in [0.29, 0.717) is 5.56 Å². The van der Waals surface area contributed by atoms with Crippen LogP contribution in [0.5, 0.6) is 17.2 Å². The third kappa shape index (κ3) is 5.14. The first-order valence-corrected chi connectivity index (χ1v) is 11.8. The average molecular weight is 550 g/mol. The van der Waals surface area contributed by atoms with Gasteiger partial charge in [-0.3, -0.25) is 9.59 Å². The van der Waals surface area contributed by atoms with Gasteiger partial charge >= 0.3 is 12.1 Å². The quantitative estimate of drug-likeness (QED) is 0.394. The van der Waals surface area contributed by atoms with Gasteiger partial charge in [0.1, 0.15) is 17.2 Å². The highest BCUT2D eigenvalue weighted by atomic mass is 35.5. The number of fused-ring (bicyclic) bond motifs is 1. The number of likely N-dealkylation sites (N-methyl/N-ethyl adjacent to an activating group) is 1. The highest BCUT2D eigenvalue weighted by molar-refractivity contribution is 6.31. The Bertz CT molecular complexity index is 1400. The van der Waals surface area contributed by atoms with Crippen LogP contribution in [0.4, 0.5) is 18.9 Å². The number of benzene rings is 3. The zero-order chi connectivity index (χ0) is 27.8. The molecule has 0 saturated carbocycles. The van der Waals surface area contributed by atoms with Gasteiger partial charge < -0.3 is 24.6 Å². The van der Waals surface area contributed by atoms with Gasteiger partial charge in [-0.1, -0.05) is 36.7 Å². The zero-order valence-corrected chi connectivity index (χ0v) is 21.0. The molecule has 0 bridgehead atoms. The van der Waals surface area contributed by atoms with Gasteiger partial charge in [-0.25, -0.2) is 0 Å². The molecule has 0 aromatic heterocycles. The molecule has 0 saturated heterocycles. The summed E-state index contributed by atoms with van der Waals surface area (Å²) < 4.78 is 54.8. The molecular weight excluding hydrogens is 527 g/mol. The van der Waals surface area contributed by atoms with Gasteiger partial charge in [0.25, 0.3) is 5.91 Å². The Labute approximate surface area is 221 Å². The van der Waals surface area contributed by atoms with E-state index in [-0.39, 0.29) is 46.5 Å². The van der Waals surface area contributed by atoms with E-state index < -0.39 is 35.1 Å². The Morgan fingerprint density at radius 3 is 2.53 bits per heavy atom. The molecule has 0 radical (unpaired) electrons. The van der Waals surface area contributed by atoms with Crippen molar-refractivity contribution >= 4 is 29.2 Å². The van der Waals surface area contributed by atoms with E-state index in [2.05, 4.69) is 0 Å². The lowest BCUT2D eigenvalue weighted by Crippen LogP contribution is -2.47. The summed E-state index contributed by atoms with van der Waals surface area (Å²) in [5.41, 5.74) is -3.36. The molecule has 0 fully saturated rings. The smallest absolute Gasteiger partial charge is 0.422 e. The second-order valence-electron chi connectivity index (χ2n) is 8.91. The minimum atomic E-state index is -5.13.